The molecule has 0 unspecified atom stereocenters. The standard InChI is InChI=1S/ClHO4.Mn.H2O/c2-1(3,4)5;;/h(H,2,3,4,5);;1H2/q;+2;. The van der Waals surface area contributed by atoms with E-state index >= 15 is 0 Å². The zero-order valence-electron chi connectivity index (χ0n) is 2.93. The van der Waals surface area contributed by atoms with Crippen molar-refractivity contribution in [2.75, 3.05) is 0 Å². The molecule has 0 saturated carbocycles. The fourth-order valence-electron chi connectivity index (χ4n) is 0. The van der Waals surface area contributed by atoms with Crippen LogP contribution in [0.15, 0.2) is 0 Å². The van der Waals surface area contributed by atoms with Gasteiger partial charge in [-0.2, -0.15) is 14.0 Å². The zero-order valence-corrected chi connectivity index (χ0v) is 4.86. The van der Waals surface area contributed by atoms with E-state index in [1.54, 1.807) is 0 Å². The third kappa shape index (κ3) is 378. The molecular formula is H3ClMnO5+2. The van der Waals surface area contributed by atoms with Gasteiger partial charge in [0.15, 0.2) is 0 Å². The third-order valence-electron chi connectivity index (χ3n) is 0. The Morgan fingerprint density at radius 3 is 1.14 bits per heavy atom. The molecule has 1 radical (unpaired) electrons. The zero-order chi connectivity index (χ0) is 4.50. The van der Waals surface area contributed by atoms with Crippen LogP contribution >= 0.6 is 0 Å². The van der Waals surface area contributed by atoms with Gasteiger partial charge in [-0.3, -0.25) is 0 Å². The fourth-order valence-corrected chi connectivity index (χ4v) is 0. The third-order valence-corrected chi connectivity index (χ3v) is 0. The molecule has 0 aliphatic rings. The molecule has 0 atom stereocenters. The minimum absolute atomic E-state index is 0. The van der Waals surface area contributed by atoms with E-state index < -0.39 is 10.2 Å². The number of hydrogen-bond donors (Lipinski definition) is 1. The first-order valence-electron chi connectivity index (χ1n) is 0.632. The van der Waals surface area contributed by atoms with Crippen molar-refractivity contribution in [2.24, 2.45) is 0 Å². The van der Waals surface area contributed by atoms with Crippen molar-refractivity contribution in [2.45, 2.75) is 0 Å². The number of hydrogen-bond acceptors (Lipinski definition) is 4. The van der Waals surface area contributed by atoms with Crippen molar-refractivity contribution >= 4 is 0 Å². The molecule has 45 valence electrons. The van der Waals surface area contributed by atoms with Crippen LogP contribution in [-0.2, 0) is 17.1 Å². The second-order valence-electron chi connectivity index (χ2n) is 0.396. The van der Waals surface area contributed by atoms with Crippen molar-refractivity contribution in [3.05, 3.63) is 0 Å². The Morgan fingerprint density at radius 2 is 1.14 bits per heavy atom. The molecule has 0 fully saturated rings. The summed E-state index contributed by atoms with van der Waals surface area (Å²) in [5.41, 5.74) is 0. The summed E-state index contributed by atoms with van der Waals surface area (Å²) in [6.07, 6.45) is 0. The Labute approximate surface area is 52.1 Å². The van der Waals surface area contributed by atoms with Crippen molar-refractivity contribution in [1.29, 1.82) is 0 Å². The molecule has 3 N–H and O–H groups in total. The van der Waals surface area contributed by atoms with Crippen LogP contribution in [0.2, 0.25) is 0 Å². The second kappa shape index (κ2) is 4.76. The van der Waals surface area contributed by atoms with Gasteiger partial charge in [-0.25, -0.2) is 0 Å². The summed E-state index contributed by atoms with van der Waals surface area (Å²) in [4.78, 5) is 0. The predicted molar refractivity (Wildman–Crippen MR) is 5.83 cm³/mol. The molecule has 0 aliphatic heterocycles. The van der Waals surface area contributed by atoms with Gasteiger partial charge in [0.25, 0.3) is 0 Å². The van der Waals surface area contributed by atoms with E-state index in [0.717, 1.165) is 0 Å². The smallest absolute Gasteiger partial charge is 0.412 e. The van der Waals surface area contributed by atoms with E-state index in [4.69, 9.17) is 18.6 Å². The molecular weight excluding hydrogens is 170 g/mol. The SMILES string of the molecule is O.[Mn+2].[O-][Cl+3]([O-])([O-])O. The molecule has 7 heteroatoms. The van der Waals surface area contributed by atoms with Crippen LogP contribution in [0.5, 0.6) is 0 Å². The first-order chi connectivity index (χ1) is 2.00. The molecule has 0 heterocycles. The number of rotatable bonds is 0. The van der Waals surface area contributed by atoms with Crippen LogP contribution in [0.25, 0.3) is 0 Å². The summed E-state index contributed by atoms with van der Waals surface area (Å²) < 4.78 is 32.7. The van der Waals surface area contributed by atoms with Crippen molar-refractivity contribution < 1.29 is 51.4 Å². The molecule has 5 nitrogen and oxygen atoms in total. The van der Waals surface area contributed by atoms with Gasteiger partial charge in [-0.05, 0) is 0 Å². The Morgan fingerprint density at radius 1 is 1.14 bits per heavy atom. The van der Waals surface area contributed by atoms with Gasteiger partial charge < -0.3 is 5.48 Å². The van der Waals surface area contributed by atoms with Crippen molar-refractivity contribution in [3.63, 3.8) is 0 Å². The van der Waals surface area contributed by atoms with Crippen LogP contribution in [0.4, 0.5) is 0 Å². The predicted octanol–water partition coefficient (Wildman–Crippen LogP) is -4.95. The van der Waals surface area contributed by atoms with E-state index in [0.29, 0.717) is 0 Å². The van der Waals surface area contributed by atoms with Gasteiger partial charge in [0.1, 0.15) is 0 Å². The summed E-state index contributed by atoms with van der Waals surface area (Å²) in [6.45, 7) is 0. The van der Waals surface area contributed by atoms with Crippen LogP contribution in [0.3, 0.4) is 0 Å². The van der Waals surface area contributed by atoms with Gasteiger partial charge in [-0.1, -0.05) is 0 Å². The Kier molecular flexibility index (Phi) is 10.6. The summed E-state index contributed by atoms with van der Waals surface area (Å²) >= 11 is 0. The van der Waals surface area contributed by atoms with Crippen LogP contribution in [0.1, 0.15) is 0 Å². The molecule has 0 rings (SSSR count). The van der Waals surface area contributed by atoms with Crippen molar-refractivity contribution in [1.82, 2.24) is 0 Å². The molecule has 0 amide bonds. The van der Waals surface area contributed by atoms with E-state index in [1.807, 2.05) is 0 Å². The summed E-state index contributed by atoms with van der Waals surface area (Å²) in [7, 11) is -4.69. The van der Waals surface area contributed by atoms with E-state index in [2.05, 4.69) is 0 Å². The average Bonchev–Trinajstić information content (AvgIpc) is 0.722. The largest absolute Gasteiger partial charge is 2.00 e. The maximum atomic E-state index is 8.60. The molecule has 7 heavy (non-hydrogen) atoms. The average molecular weight is 173 g/mol. The number of halogens is 1. The van der Waals surface area contributed by atoms with E-state index in [-0.39, 0.29) is 22.5 Å². The maximum absolute atomic E-state index is 8.60. The van der Waals surface area contributed by atoms with E-state index in [9.17, 15) is 0 Å². The molecule has 0 saturated heterocycles. The Bertz CT molecular complexity index is 23.6. The summed E-state index contributed by atoms with van der Waals surface area (Å²) in [6, 6.07) is 0. The molecule has 0 aromatic heterocycles. The van der Waals surface area contributed by atoms with Gasteiger partial charge in [0.05, 0.1) is 14.9 Å². The first-order valence-corrected chi connectivity index (χ1v) is 1.90. The van der Waals surface area contributed by atoms with Crippen LogP contribution < -0.4 is 14.0 Å². The van der Waals surface area contributed by atoms with Gasteiger partial charge in [-0.15, -0.1) is 0 Å². The quantitative estimate of drug-likeness (QED) is 0.369. The van der Waals surface area contributed by atoms with Gasteiger partial charge >= 0.3 is 17.1 Å². The normalized spacial score (nSPS) is 8.57. The Balaban J connectivity index is -0.0000000800. The summed E-state index contributed by atoms with van der Waals surface area (Å²) in [5, 5.41) is 0. The fraction of sp³-hybridized carbons (Fsp3) is 0. The van der Waals surface area contributed by atoms with Crippen LogP contribution in [0, 0.1) is 10.2 Å². The van der Waals surface area contributed by atoms with Crippen LogP contribution in [-0.4, -0.2) is 10.1 Å². The minimum Gasteiger partial charge on any atom is -0.412 e. The molecule has 0 spiro atoms. The topological polar surface area (TPSA) is 121 Å². The molecule has 0 aromatic rings. The monoisotopic (exact) mass is 173 g/mol. The summed E-state index contributed by atoms with van der Waals surface area (Å²) in [5.74, 6) is 0. The molecule has 0 aliphatic carbocycles. The second-order valence-corrected chi connectivity index (χ2v) is 1.19. The first kappa shape index (κ1) is 15.6. The van der Waals surface area contributed by atoms with Gasteiger partial charge in [0, 0.05) is 0 Å². The van der Waals surface area contributed by atoms with Crippen molar-refractivity contribution in [3.8, 4) is 0 Å². The molecule has 0 aromatic carbocycles. The Hall–Kier alpha value is 0.609. The van der Waals surface area contributed by atoms with E-state index in [1.165, 1.54) is 0 Å². The van der Waals surface area contributed by atoms with Gasteiger partial charge in [0.2, 0.25) is 0 Å². The molecule has 0 bridgehead atoms. The maximum Gasteiger partial charge on any atom is 2.00 e. The minimum atomic E-state index is -4.69.